The Hall–Kier alpha value is -3.03. The number of ether oxygens (including phenoxy) is 1. The van der Waals surface area contributed by atoms with E-state index in [0.29, 0.717) is 51.5 Å². The zero-order chi connectivity index (χ0) is 24.7. The molecule has 2 heterocycles. The lowest BCUT2D eigenvalue weighted by molar-refractivity contribution is -0.118. The van der Waals surface area contributed by atoms with Gasteiger partial charge in [-0.1, -0.05) is 73.6 Å². The number of methoxy groups -OCH3 is 1. The van der Waals surface area contributed by atoms with E-state index in [-0.39, 0.29) is 16.8 Å². The molecule has 1 aliphatic heterocycles. The van der Waals surface area contributed by atoms with Crippen LogP contribution in [0, 0.1) is 5.41 Å². The largest absolute Gasteiger partial charge is 0.496 e. The van der Waals surface area contributed by atoms with E-state index in [4.69, 9.17) is 21.3 Å². The number of carbonyl (C=O) groups excluding carboxylic acids is 1. The fraction of sp³-hybridized carbons (Fsp3) is 0.296. The Kier molecular flexibility index (Phi) is 6.23. The van der Waals surface area contributed by atoms with Gasteiger partial charge in [0.15, 0.2) is 10.9 Å². The minimum absolute atomic E-state index is 0.0434. The third-order valence-corrected chi connectivity index (χ3v) is 7.76. The first kappa shape index (κ1) is 23.7. The first-order valence-electron chi connectivity index (χ1n) is 11.4. The molecule has 1 unspecified atom stereocenters. The van der Waals surface area contributed by atoms with E-state index in [2.05, 4.69) is 24.1 Å². The van der Waals surface area contributed by atoms with Crippen LogP contribution in [0.25, 0.3) is 0 Å². The van der Waals surface area contributed by atoms with Crippen LogP contribution >= 0.6 is 23.4 Å². The van der Waals surface area contributed by atoms with Crippen LogP contribution in [-0.4, -0.2) is 22.9 Å². The van der Waals surface area contributed by atoms with Gasteiger partial charge in [0.2, 0.25) is 0 Å². The van der Waals surface area contributed by atoms with Crippen molar-refractivity contribution in [3.63, 3.8) is 0 Å². The molecule has 3 aromatic rings. The van der Waals surface area contributed by atoms with Gasteiger partial charge in [0, 0.05) is 34.0 Å². The highest BCUT2D eigenvalue weighted by atomic mass is 35.5. The van der Waals surface area contributed by atoms with Gasteiger partial charge >= 0.3 is 0 Å². The monoisotopic (exact) mass is 507 g/mol. The van der Waals surface area contributed by atoms with E-state index in [1.807, 2.05) is 48.5 Å². The lowest BCUT2D eigenvalue weighted by atomic mass is 9.69. The Morgan fingerprint density at radius 1 is 1.11 bits per heavy atom. The van der Waals surface area contributed by atoms with Gasteiger partial charge in [-0.2, -0.15) is 0 Å². The molecule has 35 heavy (non-hydrogen) atoms. The summed E-state index contributed by atoms with van der Waals surface area (Å²) in [6, 6.07) is 15.1. The van der Waals surface area contributed by atoms with Gasteiger partial charge in [0.25, 0.3) is 5.56 Å². The molecule has 2 aromatic carbocycles. The normalized spacial score (nSPS) is 18.5. The summed E-state index contributed by atoms with van der Waals surface area (Å²) in [5.74, 6) is 1.17. The van der Waals surface area contributed by atoms with E-state index < -0.39 is 5.92 Å². The van der Waals surface area contributed by atoms with Gasteiger partial charge in [-0.3, -0.25) is 9.59 Å². The number of Topliss-reactive ketones (excluding diaryl/α,β-unsaturated/α-hetero) is 1. The van der Waals surface area contributed by atoms with Gasteiger partial charge in [0.1, 0.15) is 11.6 Å². The molecule has 0 saturated heterocycles. The molecule has 0 saturated carbocycles. The van der Waals surface area contributed by atoms with Crippen molar-refractivity contribution in [3.8, 4) is 5.75 Å². The topological polar surface area (TPSA) is 84.1 Å². The van der Waals surface area contributed by atoms with Gasteiger partial charge < -0.3 is 15.0 Å². The summed E-state index contributed by atoms with van der Waals surface area (Å²) < 4.78 is 5.63. The number of allylic oxidation sites excluding steroid dienone is 2. The molecular weight excluding hydrogens is 482 g/mol. The fourth-order valence-electron chi connectivity index (χ4n) is 4.94. The standard InChI is InChI=1S/C27H26ClN3O3S/c1-27(2)12-18-22(19(32)13-27)21(16-9-5-7-11-20(16)34-3)23-24(29-18)30-26(31-25(23)33)35-14-15-8-4-6-10-17(15)28/h4-11,21H,12-14H2,1-3H3,(H2,29,30,31,33). The molecule has 0 spiro atoms. The Balaban J connectivity index is 1.62. The minimum atomic E-state index is -0.556. The molecule has 0 fully saturated rings. The lowest BCUT2D eigenvalue weighted by Crippen LogP contribution is -2.37. The number of benzene rings is 2. The van der Waals surface area contributed by atoms with Crippen LogP contribution in [0.5, 0.6) is 5.75 Å². The Labute approximate surface area is 213 Å². The fourth-order valence-corrected chi connectivity index (χ4v) is 6.09. The van der Waals surface area contributed by atoms with Gasteiger partial charge in [-0.15, -0.1) is 0 Å². The molecule has 2 N–H and O–H groups in total. The molecule has 1 atom stereocenters. The summed E-state index contributed by atoms with van der Waals surface area (Å²) in [7, 11) is 1.60. The number of aromatic amines is 1. The molecule has 5 rings (SSSR count). The van der Waals surface area contributed by atoms with Gasteiger partial charge in [-0.05, 0) is 29.5 Å². The number of rotatable bonds is 5. The number of anilines is 1. The molecule has 180 valence electrons. The van der Waals surface area contributed by atoms with Crippen molar-refractivity contribution in [1.29, 1.82) is 0 Å². The maximum absolute atomic E-state index is 13.5. The van der Waals surface area contributed by atoms with E-state index >= 15 is 0 Å². The minimum Gasteiger partial charge on any atom is -0.496 e. The first-order valence-corrected chi connectivity index (χ1v) is 12.8. The smallest absolute Gasteiger partial charge is 0.257 e. The zero-order valence-electron chi connectivity index (χ0n) is 19.8. The molecule has 1 aromatic heterocycles. The highest BCUT2D eigenvalue weighted by molar-refractivity contribution is 7.98. The predicted octanol–water partition coefficient (Wildman–Crippen LogP) is 5.92. The van der Waals surface area contributed by atoms with E-state index in [9.17, 15) is 9.59 Å². The number of ketones is 1. The van der Waals surface area contributed by atoms with Crippen molar-refractivity contribution in [3.05, 3.63) is 91.9 Å². The van der Waals surface area contributed by atoms with Crippen LogP contribution in [0.15, 0.2) is 69.8 Å². The number of H-pyrrole nitrogens is 1. The van der Waals surface area contributed by atoms with Crippen molar-refractivity contribution < 1.29 is 9.53 Å². The number of carbonyl (C=O) groups is 1. The Bertz CT molecular complexity index is 1410. The summed E-state index contributed by atoms with van der Waals surface area (Å²) in [4.78, 5) is 34.6. The van der Waals surface area contributed by atoms with Gasteiger partial charge in [-0.25, -0.2) is 4.98 Å². The molecule has 0 bridgehead atoms. The van der Waals surface area contributed by atoms with Crippen LogP contribution in [0.1, 0.15) is 49.3 Å². The van der Waals surface area contributed by atoms with Crippen molar-refractivity contribution in [1.82, 2.24) is 9.97 Å². The molecule has 8 heteroatoms. The van der Waals surface area contributed by atoms with Crippen molar-refractivity contribution in [2.24, 2.45) is 5.41 Å². The van der Waals surface area contributed by atoms with Crippen molar-refractivity contribution in [2.45, 2.75) is 43.5 Å². The number of halogens is 1. The van der Waals surface area contributed by atoms with E-state index in [1.54, 1.807) is 7.11 Å². The number of thioether (sulfide) groups is 1. The average molecular weight is 508 g/mol. The lowest BCUT2D eigenvalue weighted by Gasteiger charge is -2.38. The second-order valence-corrected chi connectivity index (χ2v) is 11.0. The summed E-state index contributed by atoms with van der Waals surface area (Å²) in [5.41, 5.74) is 3.17. The summed E-state index contributed by atoms with van der Waals surface area (Å²) in [6.07, 6.45) is 1.11. The Morgan fingerprint density at radius 2 is 1.86 bits per heavy atom. The van der Waals surface area contributed by atoms with Crippen LogP contribution in [0.2, 0.25) is 5.02 Å². The summed E-state index contributed by atoms with van der Waals surface area (Å²) in [6.45, 7) is 4.17. The predicted molar refractivity (Wildman–Crippen MR) is 139 cm³/mol. The second kappa shape index (κ2) is 9.21. The average Bonchev–Trinajstić information content (AvgIpc) is 2.81. The van der Waals surface area contributed by atoms with Crippen LogP contribution in [0.3, 0.4) is 0 Å². The number of hydrogen-bond acceptors (Lipinski definition) is 6. The molecule has 6 nitrogen and oxygen atoms in total. The molecule has 2 aliphatic rings. The summed E-state index contributed by atoms with van der Waals surface area (Å²) >= 11 is 7.71. The van der Waals surface area contributed by atoms with Crippen LogP contribution in [-0.2, 0) is 10.5 Å². The quantitative estimate of drug-likeness (QED) is 0.329. The third kappa shape index (κ3) is 4.50. The second-order valence-electron chi connectivity index (χ2n) is 9.65. The third-order valence-electron chi connectivity index (χ3n) is 6.47. The first-order chi connectivity index (χ1) is 16.8. The van der Waals surface area contributed by atoms with Crippen LogP contribution in [0.4, 0.5) is 5.82 Å². The van der Waals surface area contributed by atoms with Crippen LogP contribution < -0.4 is 15.6 Å². The van der Waals surface area contributed by atoms with E-state index in [1.165, 1.54) is 11.8 Å². The van der Waals surface area contributed by atoms with E-state index in [0.717, 1.165) is 16.8 Å². The molecular formula is C27H26ClN3O3S. The van der Waals surface area contributed by atoms with Gasteiger partial charge in [0.05, 0.1) is 18.6 Å². The molecule has 0 amide bonds. The number of para-hydroxylation sites is 1. The highest BCUT2D eigenvalue weighted by Crippen LogP contribution is 2.49. The maximum atomic E-state index is 13.5. The number of hydrogen-bond donors (Lipinski definition) is 2. The zero-order valence-corrected chi connectivity index (χ0v) is 21.3. The molecule has 1 aliphatic carbocycles. The highest BCUT2D eigenvalue weighted by Gasteiger charge is 2.43. The maximum Gasteiger partial charge on any atom is 0.257 e. The summed E-state index contributed by atoms with van der Waals surface area (Å²) in [5, 5.41) is 4.53. The number of aromatic nitrogens is 2. The number of fused-ring (bicyclic) bond motifs is 1. The number of nitrogens with one attached hydrogen (secondary N) is 2. The Morgan fingerprint density at radius 3 is 2.63 bits per heavy atom. The SMILES string of the molecule is COc1ccccc1C1C2=C(CC(C)(C)CC2=O)Nc2nc(SCc3ccccc3Cl)[nH]c(=O)c21. The van der Waals surface area contributed by atoms with Crippen molar-refractivity contribution >= 4 is 35.0 Å². The molecule has 0 radical (unpaired) electrons. The number of nitrogens with zero attached hydrogens (tertiary/aromatic N) is 1. The van der Waals surface area contributed by atoms with Crippen molar-refractivity contribution in [2.75, 3.05) is 12.4 Å².